The molecular weight excluding hydrogens is 206 g/mol. The number of nitrogens with one attached hydrogen (secondary N) is 1. The van der Waals surface area contributed by atoms with Gasteiger partial charge in [0.15, 0.2) is 0 Å². The highest BCUT2D eigenvalue weighted by Crippen LogP contribution is 2.10. The first kappa shape index (κ1) is 11.0. The molecule has 0 atom stereocenters. The molecule has 1 heterocycles. The van der Waals surface area contributed by atoms with Crippen molar-refractivity contribution in [3.8, 4) is 0 Å². The molecule has 0 bridgehead atoms. The lowest BCUT2D eigenvalue weighted by atomic mass is 9.99. The van der Waals surface area contributed by atoms with Crippen LogP contribution in [0.15, 0.2) is 24.3 Å². The minimum atomic E-state index is 0.834. The maximum atomic E-state index is 5.87. The molecule has 0 spiro atoms. The Bertz CT molecular complexity index is 299. The van der Waals surface area contributed by atoms with Gasteiger partial charge in [-0.25, -0.2) is 0 Å². The summed E-state index contributed by atoms with van der Waals surface area (Å²) in [6.07, 6.45) is 2.76. The van der Waals surface area contributed by atoms with Gasteiger partial charge in [0.2, 0.25) is 0 Å². The van der Waals surface area contributed by atoms with E-state index in [4.69, 9.17) is 11.6 Å². The zero-order valence-electron chi connectivity index (χ0n) is 9.30. The Balaban J connectivity index is 1.89. The summed E-state index contributed by atoms with van der Waals surface area (Å²) in [5.74, 6) is 0.930. The van der Waals surface area contributed by atoms with Crippen LogP contribution in [0.2, 0.25) is 5.02 Å². The molecule has 2 heteroatoms. The van der Waals surface area contributed by atoms with Crippen molar-refractivity contribution in [1.82, 2.24) is 0 Å². The van der Waals surface area contributed by atoms with Gasteiger partial charge in [-0.05, 0) is 30.9 Å². The van der Waals surface area contributed by atoms with Gasteiger partial charge in [0.25, 0.3) is 0 Å². The highest BCUT2D eigenvalue weighted by Gasteiger charge is 2.18. The summed E-state index contributed by atoms with van der Waals surface area (Å²) in [5, 5.41) is 0.834. The second-order valence-corrected chi connectivity index (χ2v) is 5.17. The number of hydrogen-bond donors (Lipinski definition) is 1. The minimum absolute atomic E-state index is 0.834. The van der Waals surface area contributed by atoms with Crippen molar-refractivity contribution in [3.05, 3.63) is 34.9 Å². The molecule has 1 fully saturated rings. The molecule has 0 radical (unpaired) electrons. The number of likely N-dealkylation sites (tertiary alicyclic amines) is 1. The average Bonchev–Trinajstić information content (AvgIpc) is 2.25. The normalized spacial score (nSPS) is 26.5. The Morgan fingerprint density at radius 3 is 2.40 bits per heavy atom. The van der Waals surface area contributed by atoms with Crippen LogP contribution in [0.3, 0.4) is 0 Å². The van der Waals surface area contributed by atoms with Gasteiger partial charge in [-0.1, -0.05) is 30.7 Å². The summed E-state index contributed by atoms with van der Waals surface area (Å²) in [6.45, 7) is 6.16. The van der Waals surface area contributed by atoms with E-state index in [1.54, 1.807) is 4.90 Å². The monoisotopic (exact) mass is 224 g/mol. The van der Waals surface area contributed by atoms with E-state index < -0.39 is 0 Å². The zero-order valence-corrected chi connectivity index (χ0v) is 10.1. The van der Waals surface area contributed by atoms with Crippen molar-refractivity contribution in [2.24, 2.45) is 5.92 Å². The van der Waals surface area contributed by atoms with E-state index in [1.165, 1.54) is 31.5 Å². The van der Waals surface area contributed by atoms with Crippen LogP contribution in [-0.4, -0.2) is 13.1 Å². The fourth-order valence-electron chi connectivity index (χ4n) is 2.24. The van der Waals surface area contributed by atoms with Crippen LogP contribution in [0.4, 0.5) is 0 Å². The summed E-state index contributed by atoms with van der Waals surface area (Å²) in [5.41, 5.74) is 1.41. The van der Waals surface area contributed by atoms with Crippen molar-refractivity contribution in [2.45, 2.75) is 26.3 Å². The maximum absolute atomic E-state index is 5.87. The first-order chi connectivity index (χ1) is 7.24. The fraction of sp³-hybridized carbons (Fsp3) is 0.538. The van der Waals surface area contributed by atoms with Gasteiger partial charge >= 0.3 is 0 Å². The van der Waals surface area contributed by atoms with Crippen LogP contribution in [0, 0.1) is 5.92 Å². The molecule has 0 aromatic heterocycles. The van der Waals surface area contributed by atoms with Crippen molar-refractivity contribution in [2.75, 3.05) is 13.1 Å². The van der Waals surface area contributed by atoms with Gasteiger partial charge in [-0.15, -0.1) is 0 Å². The third-order valence-electron chi connectivity index (χ3n) is 3.35. The Labute approximate surface area is 97.0 Å². The molecule has 1 aliphatic heterocycles. The van der Waals surface area contributed by atoms with Gasteiger partial charge in [-0.3, -0.25) is 0 Å². The Kier molecular flexibility index (Phi) is 3.66. The third-order valence-corrected chi connectivity index (χ3v) is 3.60. The molecular formula is C13H19ClN+. The first-order valence-corrected chi connectivity index (χ1v) is 6.20. The number of halogens is 1. The molecule has 1 saturated heterocycles. The van der Waals surface area contributed by atoms with E-state index in [0.717, 1.165) is 17.5 Å². The predicted octanol–water partition coefficient (Wildman–Crippen LogP) is 2.15. The lowest BCUT2D eigenvalue weighted by Crippen LogP contribution is -3.11. The van der Waals surface area contributed by atoms with Gasteiger partial charge in [-0.2, -0.15) is 0 Å². The molecule has 1 aliphatic rings. The number of hydrogen-bond acceptors (Lipinski definition) is 0. The zero-order chi connectivity index (χ0) is 10.7. The van der Waals surface area contributed by atoms with E-state index in [0.29, 0.717) is 0 Å². The summed E-state index contributed by atoms with van der Waals surface area (Å²) >= 11 is 5.87. The third kappa shape index (κ3) is 3.22. The number of piperidine rings is 1. The van der Waals surface area contributed by atoms with E-state index in [1.807, 2.05) is 12.1 Å². The quantitative estimate of drug-likeness (QED) is 0.786. The Hall–Kier alpha value is -0.530. The van der Waals surface area contributed by atoms with Crippen LogP contribution in [0.25, 0.3) is 0 Å². The Morgan fingerprint density at radius 2 is 1.80 bits per heavy atom. The summed E-state index contributed by atoms with van der Waals surface area (Å²) in [4.78, 5) is 1.72. The molecule has 0 amide bonds. The Morgan fingerprint density at radius 1 is 1.20 bits per heavy atom. The largest absolute Gasteiger partial charge is 0.331 e. The summed E-state index contributed by atoms with van der Waals surface area (Å²) < 4.78 is 0. The van der Waals surface area contributed by atoms with Gasteiger partial charge in [0, 0.05) is 10.6 Å². The minimum Gasteiger partial charge on any atom is -0.331 e. The summed E-state index contributed by atoms with van der Waals surface area (Å²) in [6, 6.07) is 8.27. The lowest BCUT2D eigenvalue weighted by molar-refractivity contribution is -0.919. The predicted molar refractivity (Wildman–Crippen MR) is 64.3 cm³/mol. The van der Waals surface area contributed by atoms with Crippen molar-refractivity contribution >= 4 is 11.6 Å². The number of quaternary nitrogens is 1. The second-order valence-electron chi connectivity index (χ2n) is 4.74. The van der Waals surface area contributed by atoms with E-state index in [-0.39, 0.29) is 0 Å². The summed E-state index contributed by atoms with van der Waals surface area (Å²) in [7, 11) is 0. The SMILES string of the molecule is CC1CC[NH+](Cc2ccc(Cl)cc2)CC1. The van der Waals surface area contributed by atoms with Crippen molar-refractivity contribution in [1.29, 1.82) is 0 Å². The molecule has 1 nitrogen and oxygen atoms in total. The van der Waals surface area contributed by atoms with Gasteiger partial charge in [0.1, 0.15) is 6.54 Å². The maximum Gasteiger partial charge on any atom is 0.103 e. The average molecular weight is 225 g/mol. The molecule has 82 valence electrons. The molecule has 2 rings (SSSR count). The van der Waals surface area contributed by atoms with Crippen molar-refractivity contribution in [3.63, 3.8) is 0 Å². The fourth-order valence-corrected chi connectivity index (χ4v) is 2.36. The number of benzene rings is 1. The van der Waals surface area contributed by atoms with Crippen LogP contribution in [-0.2, 0) is 6.54 Å². The van der Waals surface area contributed by atoms with E-state index in [2.05, 4.69) is 19.1 Å². The smallest absolute Gasteiger partial charge is 0.103 e. The molecule has 15 heavy (non-hydrogen) atoms. The molecule has 0 aliphatic carbocycles. The van der Waals surface area contributed by atoms with E-state index >= 15 is 0 Å². The standard InChI is InChI=1S/C13H18ClN/c1-11-6-8-15(9-7-11)10-12-2-4-13(14)5-3-12/h2-5,11H,6-10H2,1H3/p+1. The highest BCUT2D eigenvalue weighted by molar-refractivity contribution is 6.30. The van der Waals surface area contributed by atoms with Gasteiger partial charge < -0.3 is 4.90 Å². The number of rotatable bonds is 2. The van der Waals surface area contributed by atoms with Gasteiger partial charge in [0.05, 0.1) is 13.1 Å². The van der Waals surface area contributed by atoms with Crippen LogP contribution in [0.1, 0.15) is 25.3 Å². The molecule has 1 aromatic carbocycles. The molecule has 0 saturated carbocycles. The lowest BCUT2D eigenvalue weighted by Gasteiger charge is -2.27. The molecule has 1 aromatic rings. The molecule has 0 unspecified atom stereocenters. The topological polar surface area (TPSA) is 4.44 Å². The van der Waals surface area contributed by atoms with Crippen molar-refractivity contribution < 1.29 is 4.90 Å². The van der Waals surface area contributed by atoms with Crippen LogP contribution < -0.4 is 4.90 Å². The highest BCUT2D eigenvalue weighted by atomic mass is 35.5. The van der Waals surface area contributed by atoms with E-state index in [9.17, 15) is 0 Å². The molecule has 1 N–H and O–H groups in total. The second kappa shape index (κ2) is 5.00. The van der Waals surface area contributed by atoms with Crippen LogP contribution in [0.5, 0.6) is 0 Å². The first-order valence-electron chi connectivity index (χ1n) is 5.82. The van der Waals surface area contributed by atoms with Crippen LogP contribution >= 0.6 is 11.6 Å².